The van der Waals surface area contributed by atoms with Crippen LogP contribution in [0.3, 0.4) is 0 Å². The summed E-state index contributed by atoms with van der Waals surface area (Å²) in [4.78, 5) is 0. The first-order valence-corrected chi connectivity index (χ1v) is 13.6. The average molecular weight is 742 g/mol. The maximum absolute atomic E-state index is 8.67. The van der Waals surface area contributed by atoms with Gasteiger partial charge < -0.3 is 45.4 Å². The monoisotopic (exact) mass is 740 g/mol. The second-order valence-electron chi connectivity index (χ2n) is 8.48. The molecule has 0 spiro atoms. The minimum absolute atomic E-state index is 0. The van der Waals surface area contributed by atoms with E-state index >= 15 is 0 Å². The number of hydrogen-bond acceptors (Lipinski definition) is 12. The fourth-order valence-corrected chi connectivity index (χ4v) is 3.28. The third kappa shape index (κ3) is 18.5. The Balaban J connectivity index is 0. The van der Waals surface area contributed by atoms with Gasteiger partial charge in [-0.3, -0.25) is 0 Å². The summed E-state index contributed by atoms with van der Waals surface area (Å²) in [6, 6.07) is 20.2. The number of halogens is 1. The SMILES string of the molecule is C1COCCOCCOCCOCCOCCO1.N#Cc1cc(C#N)c(C#[NH+])cc1C#N.N#Cc1cc(C#N)c(C#[NH+])cc1C#N.[Br-].[K+]. The van der Waals surface area contributed by atoms with Crippen molar-refractivity contribution in [3.05, 3.63) is 68.8 Å². The second kappa shape index (κ2) is 30.6. The molecule has 1 aliphatic rings. The number of nitrogens with one attached hydrogen (secondary N) is 2. The number of hydrogen-bond donors (Lipinski definition) is 2. The summed E-state index contributed by atoms with van der Waals surface area (Å²) >= 11 is 0. The number of benzene rings is 2. The largest absolute Gasteiger partial charge is 1.00 e. The molecule has 16 heteroatoms. The van der Waals surface area contributed by atoms with Crippen LogP contribution in [0.4, 0.5) is 0 Å². The summed E-state index contributed by atoms with van der Waals surface area (Å²) in [5.74, 6) is 0. The Kier molecular flexibility index (Phi) is 29.5. The molecule has 1 saturated heterocycles. The summed E-state index contributed by atoms with van der Waals surface area (Å²) < 4.78 is 32.0. The molecule has 1 fully saturated rings. The topological polar surface area (TPSA) is 246 Å². The number of rotatable bonds is 0. The zero-order chi connectivity index (χ0) is 33.8. The van der Waals surface area contributed by atoms with Gasteiger partial charge in [-0.15, -0.1) is 0 Å². The van der Waals surface area contributed by atoms with Crippen molar-refractivity contribution in [2.45, 2.75) is 0 Å². The standard InChI is InChI=1S/C12H24O6.2C10H2N4.BrH.K/c1-2-14-5-6-16-9-10-18-12-11-17-8-7-15-4-3-13-1;2*11-3-7-1-8(4-12)10(6-14)2-9(7)5-13;;/h1-12H2;2*1-2H;1H;/q;;;;+1/p+1. The average Bonchev–Trinajstić information content (AvgIpc) is 3.10. The third-order valence-corrected chi connectivity index (χ3v) is 5.54. The Labute approximate surface area is 332 Å². The van der Waals surface area contributed by atoms with Crippen LogP contribution in [0.1, 0.15) is 44.5 Å². The van der Waals surface area contributed by atoms with Gasteiger partial charge in [0.1, 0.15) is 47.5 Å². The predicted octanol–water partition coefficient (Wildman–Crippen LogP) is -7.05. The third-order valence-electron chi connectivity index (χ3n) is 5.54. The van der Waals surface area contributed by atoms with Gasteiger partial charge in [-0.2, -0.15) is 31.6 Å². The van der Waals surface area contributed by atoms with Gasteiger partial charge in [0.05, 0.1) is 113 Å². The van der Waals surface area contributed by atoms with E-state index in [1.807, 2.05) is 48.6 Å². The molecule has 2 N–H and O–H groups in total. The molecule has 0 radical (unpaired) electrons. The molecule has 0 atom stereocenters. The fourth-order valence-electron chi connectivity index (χ4n) is 3.28. The van der Waals surface area contributed by atoms with E-state index in [0.29, 0.717) is 79.3 Å². The smallest absolute Gasteiger partial charge is 1.00 e. The Morgan fingerprint density at radius 2 is 0.500 bits per heavy atom. The van der Waals surface area contributed by atoms with Crippen LogP contribution in [0.25, 0.3) is 0 Å². The fraction of sp³-hybridized carbons (Fsp3) is 0.375. The van der Waals surface area contributed by atoms with Crippen LogP contribution in [-0.4, -0.2) is 79.3 Å². The zero-order valence-electron chi connectivity index (χ0n) is 26.3. The van der Waals surface area contributed by atoms with Crippen LogP contribution in [0.15, 0.2) is 24.3 Å². The van der Waals surface area contributed by atoms with Gasteiger partial charge in [0.15, 0.2) is 0 Å². The number of nitriles is 6. The molecule has 0 saturated carbocycles. The Hall–Kier alpha value is -3.76. The van der Waals surface area contributed by atoms with Crippen LogP contribution in [-0.2, 0) is 28.4 Å². The van der Waals surface area contributed by atoms with Crippen molar-refractivity contribution in [3.8, 4) is 48.6 Å². The Bertz CT molecular complexity index is 1260. The van der Waals surface area contributed by atoms with Gasteiger partial charge in [-0.05, 0) is 24.3 Å². The van der Waals surface area contributed by atoms with E-state index in [1.165, 1.54) is 24.3 Å². The summed E-state index contributed by atoms with van der Waals surface area (Å²) in [5.41, 5.74) is 1.39. The van der Waals surface area contributed by atoms with Crippen LogP contribution in [0, 0.1) is 80.1 Å². The van der Waals surface area contributed by atoms with E-state index in [2.05, 4.69) is 0 Å². The zero-order valence-corrected chi connectivity index (χ0v) is 31.0. The number of ether oxygens (including phenoxy) is 6. The minimum atomic E-state index is 0. The molecule has 240 valence electrons. The first-order valence-electron chi connectivity index (χ1n) is 13.6. The van der Waals surface area contributed by atoms with Gasteiger partial charge in [-0.25, -0.2) is 0 Å². The van der Waals surface area contributed by atoms with Gasteiger partial charge in [0.2, 0.25) is 0 Å². The summed E-state index contributed by atoms with van der Waals surface area (Å²) in [7, 11) is 0. The van der Waals surface area contributed by atoms with Crippen LogP contribution in [0.5, 0.6) is 0 Å². The van der Waals surface area contributed by atoms with E-state index in [1.54, 1.807) is 0 Å². The molecule has 1 heterocycles. The maximum Gasteiger partial charge on any atom is 1.00 e. The predicted molar refractivity (Wildman–Crippen MR) is 154 cm³/mol. The minimum Gasteiger partial charge on any atom is -1.00 e. The van der Waals surface area contributed by atoms with Gasteiger partial charge in [-0.1, -0.05) is 10.5 Å². The Morgan fingerprint density at radius 1 is 0.354 bits per heavy atom. The van der Waals surface area contributed by atoms with Crippen molar-refractivity contribution in [3.63, 3.8) is 0 Å². The molecule has 2 aromatic carbocycles. The molecule has 3 rings (SSSR count). The van der Waals surface area contributed by atoms with Crippen molar-refractivity contribution >= 4 is 0 Å². The number of nitrogens with zero attached hydrogens (tertiary/aromatic N) is 6. The van der Waals surface area contributed by atoms with Gasteiger partial charge >= 0.3 is 63.5 Å². The molecule has 1 aliphatic heterocycles. The van der Waals surface area contributed by atoms with E-state index in [9.17, 15) is 0 Å². The first kappa shape index (κ1) is 46.4. The van der Waals surface area contributed by atoms with Crippen molar-refractivity contribution < 1.29 is 107 Å². The molecule has 0 aromatic heterocycles. The van der Waals surface area contributed by atoms with E-state index in [0.717, 1.165) is 0 Å². The molecule has 0 unspecified atom stereocenters. The first-order chi connectivity index (χ1) is 22.5. The van der Waals surface area contributed by atoms with Crippen LogP contribution < -0.4 is 78.9 Å². The van der Waals surface area contributed by atoms with Crippen molar-refractivity contribution in [2.24, 2.45) is 0 Å². The molecule has 14 nitrogen and oxygen atoms in total. The van der Waals surface area contributed by atoms with Crippen molar-refractivity contribution in [2.75, 3.05) is 79.3 Å². The van der Waals surface area contributed by atoms with E-state index < -0.39 is 0 Å². The molecular formula is C32H30BrKN8O6+2. The van der Waals surface area contributed by atoms with Crippen molar-refractivity contribution in [1.29, 1.82) is 31.6 Å². The second-order valence-corrected chi connectivity index (χ2v) is 8.48. The van der Waals surface area contributed by atoms with Gasteiger partial charge in [0, 0.05) is 0 Å². The van der Waals surface area contributed by atoms with E-state index in [4.69, 9.17) is 70.5 Å². The summed E-state index contributed by atoms with van der Waals surface area (Å²) in [6.07, 6.45) is 0. The molecular weight excluding hydrogens is 711 g/mol. The normalized spacial score (nSPS) is 13.5. The molecule has 0 amide bonds. The van der Waals surface area contributed by atoms with Crippen LogP contribution >= 0.6 is 0 Å². The van der Waals surface area contributed by atoms with Crippen molar-refractivity contribution in [1.82, 2.24) is 0 Å². The maximum atomic E-state index is 8.67. The molecule has 48 heavy (non-hydrogen) atoms. The summed E-state index contributed by atoms with van der Waals surface area (Å²) in [6.45, 7) is 7.04. The summed E-state index contributed by atoms with van der Waals surface area (Å²) in [5, 5.41) is 65.8. The van der Waals surface area contributed by atoms with Crippen LogP contribution in [0.2, 0.25) is 0 Å². The Morgan fingerprint density at radius 3 is 0.646 bits per heavy atom. The van der Waals surface area contributed by atoms with Gasteiger partial charge in [0.25, 0.3) is 0 Å². The molecule has 0 aliphatic carbocycles. The quantitative estimate of drug-likeness (QED) is 0.239. The van der Waals surface area contributed by atoms with E-state index in [-0.39, 0.29) is 113 Å². The molecule has 2 aromatic rings. The molecule has 0 bridgehead atoms.